The average Bonchev–Trinajstić information content (AvgIpc) is 1.99. The summed E-state index contributed by atoms with van der Waals surface area (Å²) in [5.41, 5.74) is 0. The summed E-state index contributed by atoms with van der Waals surface area (Å²) in [6, 6.07) is 0. The zero-order valence-electron chi connectivity index (χ0n) is 7.52. The summed E-state index contributed by atoms with van der Waals surface area (Å²) in [4.78, 5) is 10.9. The fraction of sp³-hybridized carbons (Fsp3) is 0.778. The molecule has 0 aliphatic heterocycles. The Morgan fingerprint density at radius 2 is 2.09 bits per heavy atom. The molecule has 2 nitrogen and oxygen atoms in total. The smallest absolute Gasteiger partial charge is 0.220 e. The van der Waals surface area contributed by atoms with Crippen LogP contribution in [-0.4, -0.2) is 5.91 Å². The molecule has 0 rings (SSSR count). The van der Waals surface area contributed by atoms with Crippen LogP contribution < -0.4 is 5.32 Å². The first-order valence-corrected chi connectivity index (χ1v) is 4.42. The molecule has 11 heavy (non-hydrogen) atoms. The van der Waals surface area contributed by atoms with Gasteiger partial charge >= 0.3 is 0 Å². The van der Waals surface area contributed by atoms with E-state index in [1.807, 2.05) is 13.5 Å². The Bertz CT molecular complexity index is 102. The lowest BCUT2D eigenvalue weighted by Gasteiger charge is -2.01. The summed E-state index contributed by atoms with van der Waals surface area (Å²) in [5, 5.41) is 2.75. The molecule has 0 aromatic rings. The van der Waals surface area contributed by atoms with Gasteiger partial charge in [-0.2, -0.15) is 0 Å². The predicted molar refractivity (Wildman–Crippen MR) is 46.9 cm³/mol. The number of carbonyl (C=O) groups excluding carboxylic acids is 1. The quantitative estimate of drug-likeness (QED) is 0.587. The largest absolute Gasteiger partial charge is 0.351 e. The normalized spacial score (nSPS) is 9.64. The van der Waals surface area contributed by atoms with Crippen LogP contribution in [0.1, 0.15) is 46.0 Å². The van der Waals surface area contributed by atoms with Gasteiger partial charge in [0.2, 0.25) is 5.91 Å². The topological polar surface area (TPSA) is 29.1 Å². The van der Waals surface area contributed by atoms with Crippen molar-refractivity contribution in [3.05, 3.63) is 6.54 Å². The van der Waals surface area contributed by atoms with Crippen molar-refractivity contribution in [2.24, 2.45) is 0 Å². The summed E-state index contributed by atoms with van der Waals surface area (Å²) in [6.45, 7) is 6.01. The minimum atomic E-state index is 0.142. The molecule has 0 saturated carbocycles. The second-order valence-electron chi connectivity index (χ2n) is 2.66. The molecular formula is C9H18NO. The van der Waals surface area contributed by atoms with Crippen LogP contribution in [0.3, 0.4) is 0 Å². The number of carbonyl (C=O) groups is 1. The highest BCUT2D eigenvalue weighted by molar-refractivity contribution is 5.76. The van der Waals surface area contributed by atoms with E-state index in [2.05, 4.69) is 12.2 Å². The van der Waals surface area contributed by atoms with Crippen LogP contribution in [0, 0.1) is 6.54 Å². The summed E-state index contributed by atoms with van der Waals surface area (Å²) in [6.07, 6.45) is 4.90. The summed E-state index contributed by atoms with van der Waals surface area (Å²) >= 11 is 0. The highest BCUT2D eigenvalue weighted by Gasteiger charge is 1.96. The minimum absolute atomic E-state index is 0.142. The van der Waals surface area contributed by atoms with Gasteiger partial charge in [0.25, 0.3) is 0 Å². The first kappa shape index (κ1) is 10.5. The molecule has 0 saturated heterocycles. The Morgan fingerprint density at radius 1 is 1.36 bits per heavy atom. The van der Waals surface area contributed by atoms with Gasteiger partial charge in [0.15, 0.2) is 0 Å². The van der Waals surface area contributed by atoms with E-state index in [0.717, 1.165) is 19.3 Å². The van der Waals surface area contributed by atoms with E-state index in [9.17, 15) is 4.79 Å². The Labute approximate surface area is 69.4 Å². The molecule has 2 heteroatoms. The van der Waals surface area contributed by atoms with Gasteiger partial charge in [0, 0.05) is 13.0 Å². The lowest BCUT2D eigenvalue weighted by atomic mass is 10.2. The van der Waals surface area contributed by atoms with Crippen molar-refractivity contribution in [1.29, 1.82) is 0 Å². The second kappa shape index (κ2) is 7.58. The van der Waals surface area contributed by atoms with Crippen LogP contribution >= 0.6 is 0 Å². The molecule has 1 N–H and O–H groups in total. The molecule has 65 valence electrons. The molecule has 0 aromatic carbocycles. The number of nitrogens with one attached hydrogen (secondary N) is 1. The molecule has 0 aliphatic carbocycles. The van der Waals surface area contributed by atoms with Gasteiger partial charge in [-0.3, -0.25) is 4.79 Å². The summed E-state index contributed by atoms with van der Waals surface area (Å²) in [5.74, 6) is 0.142. The van der Waals surface area contributed by atoms with E-state index in [-0.39, 0.29) is 5.91 Å². The fourth-order valence-corrected chi connectivity index (χ4v) is 0.791. The van der Waals surface area contributed by atoms with E-state index < -0.39 is 0 Å². The predicted octanol–water partition coefficient (Wildman–Crippen LogP) is 2.25. The Balaban J connectivity index is 3.04. The SMILES string of the molecule is CCCC[CH]NC(=O)CCC. The van der Waals surface area contributed by atoms with E-state index in [1.165, 1.54) is 6.42 Å². The first-order valence-electron chi connectivity index (χ1n) is 4.42. The molecule has 0 aromatic heterocycles. The highest BCUT2D eigenvalue weighted by atomic mass is 16.1. The molecule has 1 amide bonds. The minimum Gasteiger partial charge on any atom is -0.351 e. The maximum atomic E-state index is 10.9. The van der Waals surface area contributed by atoms with Crippen LogP contribution in [0.5, 0.6) is 0 Å². The molecule has 1 radical (unpaired) electrons. The van der Waals surface area contributed by atoms with Crippen molar-refractivity contribution in [2.75, 3.05) is 0 Å². The number of rotatable bonds is 6. The van der Waals surface area contributed by atoms with Gasteiger partial charge in [-0.1, -0.05) is 26.7 Å². The number of hydrogen-bond donors (Lipinski definition) is 1. The number of hydrogen-bond acceptors (Lipinski definition) is 1. The van der Waals surface area contributed by atoms with Crippen molar-refractivity contribution in [3.8, 4) is 0 Å². The van der Waals surface area contributed by atoms with Crippen LogP contribution in [-0.2, 0) is 4.79 Å². The third kappa shape index (κ3) is 7.37. The van der Waals surface area contributed by atoms with Gasteiger partial charge in [-0.15, -0.1) is 0 Å². The first-order chi connectivity index (χ1) is 5.31. The van der Waals surface area contributed by atoms with Gasteiger partial charge in [0.1, 0.15) is 0 Å². The zero-order valence-corrected chi connectivity index (χ0v) is 7.52. The number of amides is 1. The molecule has 0 atom stereocenters. The van der Waals surface area contributed by atoms with Crippen LogP contribution in [0.2, 0.25) is 0 Å². The van der Waals surface area contributed by atoms with Crippen molar-refractivity contribution in [2.45, 2.75) is 46.0 Å². The second-order valence-corrected chi connectivity index (χ2v) is 2.66. The molecule has 0 spiro atoms. The van der Waals surface area contributed by atoms with E-state index in [4.69, 9.17) is 0 Å². The fourth-order valence-electron chi connectivity index (χ4n) is 0.791. The van der Waals surface area contributed by atoms with Crippen LogP contribution in [0.25, 0.3) is 0 Å². The van der Waals surface area contributed by atoms with E-state index >= 15 is 0 Å². The lowest BCUT2D eigenvalue weighted by molar-refractivity contribution is -0.120. The third-order valence-electron chi connectivity index (χ3n) is 1.44. The van der Waals surface area contributed by atoms with Gasteiger partial charge in [-0.25, -0.2) is 0 Å². The van der Waals surface area contributed by atoms with Crippen LogP contribution in [0.4, 0.5) is 0 Å². The van der Waals surface area contributed by atoms with E-state index in [0.29, 0.717) is 6.42 Å². The molecular weight excluding hydrogens is 138 g/mol. The van der Waals surface area contributed by atoms with Crippen molar-refractivity contribution in [3.63, 3.8) is 0 Å². The monoisotopic (exact) mass is 156 g/mol. The summed E-state index contributed by atoms with van der Waals surface area (Å²) in [7, 11) is 0. The highest BCUT2D eigenvalue weighted by Crippen LogP contribution is 1.95. The average molecular weight is 156 g/mol. The molecule has 0 fully saturated rings. The van der Waals surface area contributed by atoms with E-state index in [1.54, 1.807) is 0 Å². The molecule has 0 heterocycles. The molecule has 0 bridgehead atoms. The Morgan fingerprint density at radius 3 is 2.64 bits per heavy atom. The van der Waals surface area contributed by atoms with Gasteiger partial charge in [0.05, 0.1) is 0 Å². The maximum Gasteiger partial charge on any atom is 0.220 e. The third-order valence-corrected chi connectivity index (χ3v) is 1.44. The van der Waals surface area contributed by atoms with Crippen LogP contribution in [0.15, 0.2) is 0 Å². The maximum absolute atomic E-state index is 10.9. The Hall–Kier alpha value is -0.530. The summed E-state index contributed by atoms with van der Waals surface area (Å²) < 4.78 is 0. The van der Waals surface area contributed by atoms with Crippen molar-refractivity contribution >= 4 is 5.91 Å². The van der Waals surface area contributed by atoms with Crippen molar-refractivity contribution in [1.82, 2.24) is 5.32 Å². The van der Waals surface area contributed by atoms with Crippen molar-refractivity contribution < 1.29 is 4.79 Å². The zero-order chi connectivity index (χ0) is 8.53. The molecule has 0 aliphatic rings. The standard InChI is InChI=1S/C9H18NO/c1-3-5-6-8-10-9(11)7-4-2/h8H,3-7H2,1-2H3,(H,10,11). The molecule has 0 unspecified atom stereocenters. The lowest BCUT2D eigenvalue weighted by Crippen LogP contribution is -2.19. The number of unbranched alkanes of at least 4 members (excludes halogenated alkanes) is 2. The Kier molecular flexibility index (Phi) is 7.21. The van der Waals surface area contributed by atoms with Gasteiger partial charge < -0.3 is 5.32 Å². The van der Waals surface area contributed by atoms with Gasteiger partial charge in [-0.05, 0) is 12.8 Å².